The van der Waals surface area contributed by atoms with Gasteiger partial charge >= 0.3 is 0 Å². The Labute approximate surface area is 132 Å². The summed E-state index contributed by atoms with van der Waals surface area (Å²) in [7, 11) is 0. The first kappa shape index (κ1) is 14.1. The topological polar surface area (TPSA) is 29.9 Å². The fourth-order valence-corrected chi connectivity index (χ4v) is 5.80. The van der Waals surface area contributed by atoms with E-state index in [4.69, 9.17) is 11.6 Å². The zero-order chi connectivity index (χ0) is 14.6. The van der Waals surface area contributed by atoms with Gasteiger partial charge in [0.15, 0.2) is 0 Å². The molecule has 3 aliphatic rings. The largest absolute Gasteiger partial charge is 0.309 e. The second-order valence-corrected chi connectivity index (χ2v) is 7.61. The summed E-state index contributed by atoms with van der Waals surface area (Å²) in [5, 5.41) is 9.10. The van der Waals surface area contributed by atoms with Gasteiger partial charge in [0.1, 0.15) is 0 Å². The Bertz CT molecular complexity index is 510. The molecule has 5 atom stereocenters. The first-order chi connectivity index (χ1) is 10.3. The maximum atomic E-state index is 6.50. The smallest absolute Gasteiger partial charge is 0.0834 e. The van der Waals surface area contributed by atoms with Crippen LogP contribution in [0.5, 0.6) is 0 Å². The SMILES string of the molecule is CCCn1ncc(Cl)c1C(NCC)C1C2C3CCC(C3)C21. The molecular formula is C17H26ClN3. The van der Waals surface area contributed by atoms with Gasteiger partial charge in [0.05, 0.1) is 23.0 Å². The minimum absolute atomic E-state index is 0.412. The number of rotatable bonds is 6. The Kier molecular flexibility index (Phi) is 3.54. The van der Waals surface area contributed by atoms with E-state index in [0.717, 1.165) is 54.1 Å². The lowest BCUT2D eigenvalue weighted by molar-refractivity contribution is 0.356. The van der Waals surface area contributed by atoms with Gasteiger partial charge in [-0.05, 0) is 61.8 Å². The van der Waals surface area contributed by atoms with Crippen LogP contribution in [0.4, 0.5) is 0 Å². The van der Waals surface area contributed by atoms with E-state index in [2.05, 4.69) is 28.9 Å². The number of hydrogen-bond acceptors (Lipinski definition) is 2. The number of nitrogens with one attached hydrogen (secondary N) is 1. The monoisotopic (exact) mass is 307 g/mol. The lowest BCUT2D eigenvalue weighted by atomic mass is 9.95. The molecule has 3 fully saturated rings. The highest BCUT2D eigenvalue weighted by Crippen LogP contribution is 2.72. The molecule has 3 nitrogen and oxygen atoms in total. The average Bonchev–Trinajstić information content (AvgIpc) is 2.77. The van der Waals surface area contributed by atoms with Gasteiger partial charge in [0.2, 0.25) is 0 Å². The standard InChI is InChI=1S/C17H26ClN3/c1-3-7-21-17(12(18)9-20-21)16(19-4-2)15-13-10-5-6-11(8-10)14(13)15/h9-11,13-16,19H,3-8H2,1-2H3. The van der Waals surface area contributed by atoms with Gasteiger partial charge in [0, 0.05) is 6.54 Å². The summed E-state index contributed by atoms with van der Waals surface area (Å²) in [6, 6.07) is 0.412. The first-order valence-electron chi connectivity index (χ1n) is 8.70. The molecule has 1 heterocycles. The molecule has 0 aliphatic heterocycles. The van der Waals surface area contributed by atoms with Crippen LogP contribution in [-0.4, -0.2) is 16.3 Å². The van der Waals surface area contributed by atoms with Crippen LogP contribution in [0.3, 0.4) is 0 Å². The van der Waals surface area contributed by atoms with Crippen LogP contribution in [0.25, 0.3) is 0 Å². The third-order valence-corrected chi connectivity index (χ3v) is 6.46. The third kappa shape index (κ3) is 2.08. The molecule has 4 heteroatoms. The summed E-state index contributed by atoms with van der Waals surface area (Å²) in [5.41, 5.74) is 1.25. The van der Waals surface area contributed by atoms with E-state index < -0.39 is 0 Å². The van der Waals surface area contributed by atoms with Crippen molar-refractivity contribution in [2.24, 2.45) is 29.6 Å². The molecule has 0 saturated heterocycles. The molecule has 1 aromatic heterocycles. The van der Waals surface area contributed by atoms with Gasteiger partial charge in [-0.25, -0.2) is 0 Å². The van der Waals surface area contributed by atoms with Crippen molar-refractivity contribution < 1.29 is 0 Å². The van der Waals surface area contributed by atoms with E-state index in [1.807, 2.05) is 6.20 Å². The van der Waals surface area contributed by atoms with Gasteiger partial charge in [-0.1, -0.05) is 25.4 Å². The van der Waals surface area contributed by atoms with E-state index in [1.165, 1.54) is 25.0 Å². The van der Waals surface area contributed by atoms with Crippen molar-refractivity contribution in [3.63, 3.8) is 0 Å². The molecule has 4 rings (SSSR count). The molecule has 2 bridgehead atoms. The van der Waals surface area contributed by atoms with Crippen molar-refractivity contribution in [2.45, 2.75) is 52.1 Å². The Hall–Kier alpha value is -0.540. The second kappa shape index (κ2) is 5.27. The summed E-state index contributed by atoms with van der Waals surface area (Å²) in [4.78, 5) is 0. The fraction of sp³-hybridized carbons (Fsp3) is 0.824. The number of fused-ring (bicyclic) bond motifs is 5. The molecule has 0 radical (unpaired) electrons. The molecule has 1 aromatic rings. The van der Waals surface area contributed by atoms with Gasteiger partial charge in [-0.3, -0.25) is 4.68 Å². The maximum Gasteiger partial charge on any atom is 0.0834 e. The quantitative estimate of drug-likeness (QED) is 0.864. The number of hydrogen-bond donors (Lipinski definition) is 1. The summed E-state index contributed by atoms with van der Waals surface area (Å²) < 4.78 is 2.14. The number of nitrogens with zero attached hydrogens (tertiary/aromatic N) is 2. The molecule has 0 spiro atoms. The summed E-state index contributed by atoms with van der Waals surface area (Å²) in [5.74, 6) is 4.75. The van der Waals surface area contributed by atoms with Crippen LogP contribution < -0.4 is 5.32 Å². The van der Waals surface area contributed by atoms with Crippen LogP contribution in [0.2, 0.25) is 5.02 Å². The van der Waals surface area contributed by atoms with Crippen LogP contribution in [0.1, 0.15) is 51.3 Å². The van der Waals surface area contributed by atoms with Gasteiger partial charge in [-0.15, -0.1) is 0 Å². The predicted molar refractivity (Wildman–Crippen MR) is 85.2 cm³/mol. The first-order valence-corrected chi connectivity index (χ1v) is 9.08. The van der Waals surface area contributed by atoms with E-state index in [1.54, 1.807) is 0 Å². The molecule has 3 saturated carbocycles. The van der Waals surface area contributed by atoms with Crippen molar-refractivity contribution >= 4 is 11.6 Å². The van der Waals surface area contributed by atoms with E-state index >= 15 is 0 Å². The molecule has 0 aromatic carbocycles. The highest BCUT2D eigenvalue weighted by atomic mass is 35.5. The molecule has 3 aliphatic carbocycles. The average molecular weight is 308 g/mol. The van der Waals surface area contributed by atoms with Crippen molar-refractivity contribution in [3.05, 3.63) is 16.9 Å². The van der Waals surface area contributed by atoms with Gasteiger partial charge in [-0.2, -0.15) is 5.10 Å². The van der Waals surface area contributed by atoms with Crippen molar-refractivity contribution in [1.82, 2.24) is 15.1 Å². The Balaban J connectivity index is 1.62. The molecular weight excluding hydrogens is 282 g/mol. The Morgan fingerprint density at radius 1 is 1.33 bits per heavy atom. The number of aromatic nitrogens is 2. The third-order valence-electron chi connectivity index (χ3n) is 6.17. The Morgan fingerprint density at radius 2 is 2.05 bits per heavy atom. The van der Waals surface area contributed by atoms with Crippen LogP contribution in [-0.2, 0) is 6.54 Å². The molecule has 0 amide bonds. The summed E-state index contributed by atoms with van der Waals surface area (Å²) in [6.45, 7) is 6.38. The van der Waals surface area contributed by atoms with Crippen LogP contribution in [0, 0.1) is 29.6 Å². The van der Waals surface area contributed by atoms with E-state index in [9.17, 15) is 0 Å². The normalized spacial score (nSPS) is 37.8. The van der Waals surface area contributed by atoms with E-state index in [0.29, 0.717) is 6.04 Å². The van der Waals surface area contributed by atoms with Crippen LogP contribution >= 0.6 is 11.6 Å². The predicted octanol–water partition coefficient (Wildman–Crippen LogP) is 3.89. The van der Waals surface area contributed by atoms with E-state index in [-0.39, 0.29) is 0 Å². The minimum atomic E-state index is 0.412. The zero-order valence-electron chi connectivity index (χ0n) is 13.1. The summed E-state index contributed by atoms with van der Waals surface area (Å²) >= 11 is 6.50. The zero-order valence-corrected chi connectivity index (χ0v) is 13.8. The molecule has 1 N–H and O–H groups in total. The molecule has 116 valence electrons. The minimum Gasteiger partial charge on any atom is -0.309 e. The second-order valence-electron chi connectivity index (χ2n) is 7.20. The number of halogens is 1. The molecule has 21 heavy (non-hydrogen) atoms. The lowest BCUT2D eigenvalue weighted by Crippen LogP contribution is -2.28. The van der Waals surface area contributed by atoms with Crippen LogP contribution in [0.15, 0.2) is 6.20 Å². The Morgan fingerprint density at radius 3 is 2.67 bits per heavy atom. The van der Waals surface area contributed by atoms with Gasteiger partial charge < -0.3 is 5.32 Å². The van der Waals surface area contributed by atoms with Crippen molar-refractivity contribution in [3.8, 4) is 0 Å². The van der Waals surface area contributed by atoms with Crippen molar-refractivity contribution in [1.29, 1.82) is 0 Å². The maximum absolute atomic E-state index is 6.50. The fourth-order valence-electron chi connectivity index (χ4n) is 5.54. The highest BCUT2D eigenvalue weighted by molar-refractivity contribution is 6.31. The molecule has 5 unspecified atom stereocenters. The highest BCUT2D eigenvalue weighted by Gasteiger charge is 2.67. The number of aryl methyl sites for hydroxylation is 1. The lowest BCUT2D eigenvalue weighted by Gasteiger charge is -2.23. The van der Waals surface area contributed by atoms with Crippen molar-refractivity contribution in [2.75, 3.05) is 6.54 Å². The summed E-state index contributed by atoms with van der Waals surface area (Å²) in [6.07, 6.45) is 7.40. The van der Waals surface area contributed by atoms with Gasteiger partial charge in [0.25, 0.3) is 0 Å².